The van der Waals surface area contributed by atoms with Crippen molar-refractivity contribution < 1.29 is 28.6 Å². The van der Waals surface area contributed by atoms with Crippen LogP contribution in [-0.2, 0) is 28.6 Å². The molecule has 0 aromatic rings. The average molecular weight is 791 g/mol. The van der Waals surface area contributed by atoms with E-state index in [2.05, 4.69) is 118 Å². The van der Waals surface area contributed by atoms with E-state index in [4.69, 9.17) is 14.2 Å². The van der Waals surface area contributed by atoms with Gasteiger partial charge in [0.2, 0.25) is 0 Å². The third kappa shape index (κ3) is 43.3. The van der Waals surface area contributed by atoms with Crippen LogP contribution < -0.4 is 0 Å². The lowest BCUT2D eigenvalue weighted by Crippen LogP contribution is -2.30. The van der Waals surface area contributed by atoms with Gasteiger partial charge in [0.05, 0.1) is 0 Å². The van der Waals surface area contributed by atoms with Crippen molar-refractivity contribution in [3.8, 4) is 0 Å². The molecule has 0 N–H and O–H groups in total. The van der Waals surface area contributed by atoms with E-state index in [1.807, 2.05) is 0 Å². The summed E-state index contributed by atoms with van der Waals surface area (Å²) in [6, 6.07) is 0. The van der Waals surface area contributed by atoms with Crippen LogP contribution in [0.1, 0.15) is 188 Å². The molecule has 0 radical (unpaired) electrons. The lowest BCUT2D eigenvalue weighted by atomic mass is 10.1. The second-order valence-corrected chi connectivity index (χ2v) is 14.5. The first-order valence-electron chi connectivity index (χ1n) is 22.7. The first-order chi connectivity index (χ1) is 28.0. The van der Waals surface area contributed by atoms with Gasteiger partial charge in [0, 0.05) is 19.3 Å². The highest BCUT2D eigenvalue weighted by Gasteiger charge is 2.19. The molecule has 0 spiro atoms. The van der Waals surface area contributed by atoms with Gasteiger partial charge in [0.25, 0.3) is 0 Å². The molecule has 57 heavy (non-hydrogen) atoms. The van der Waals surface area contributed by atoms with Gasteiger partial charge < -0.3 is 14.2 Å². The number of hydrogen-bond donors (Lipinski definition) is 0. The van der Waals surface area contributed by atoms with Gasteiger partial charge in [-0.3, -0.25) is 14.4 Å². The highest BCUT2D eigenvalue weighted by molar-refractivity contribution is 5.71. The Kier molecular flexibility index (Phi) is 42.1. The first kappa shape index (κ1) is 53.3. The van der Waals surface area contributed by atoms with Gasteiger partial charge in [-0.25, -0.2) is 0 Å². The van der Waals surface area contributed by atoms with Crippen LogP contribution in [0.2, 0.25) is 0 Å². The number of esters is 3. The summed E-state index contributed by atoms with van der Waals surface area (Å²) in [4.78, 5) is 37.6. The highest BCUT2D eigenvalue weighted by atomic mass is 16.6. The molecular weight excluding hydrogens is 709 g/mol. The Labute approximate surface area is 349 Å². The van der Waals surface area contributed by atoms with E-state index in [0.717, 1.165) is 122 Å². The summed E-state index contributed by atoms with van der Waals surface area (Å²) >= 11 is 0. The zero-order chi connectivity index (χ0) is 41.5. The molecule has 0 heterocycles. The van der Waals surface area contributed by atoms with Crippen LogP contribution >= 0.6 is 0 Å². The number of ether oxygens (including phenoxy) is 3. The molecule has 6 nitrogen and oxygen atoms in total. The summed E-state index contributed by atoms with van der Waals surface area (Å²) in [6.07, 6.45) is 58.3. The van der Waals surface area contributed by atoms with Gasteiger partial charge >= 0.3 is 17.9 Å². The second kappa shape index (κ2) is 45.0. The van der Waals surface area contributed by atoms with E-state index in [0.29, 0.717) is 19.3 Å². The Morgan fingerprint density at radius 1 is 0.368 bits per heavy atom. The van der Waals surface area contributed by atoms with Crippen molar-refractivity contribution in [2.75, 3.05) is 13.2 Å². The first-order valence-corrected chi connectivity index (χ1v) is 22.7. The van der Waals surface area contributed by atoms with Crippen LogP contribution in [-0.4, -0.2) is 37.2 Å². The van der Waals surface area contributed by atoms with Gasteiger partial charge in [-0.1, -0.05) is 157 Å². The van der Waals surface area contributed by atoms with Crippen LogP contribution in [0, 0.1) is 0 Å². The minimum Gasteiger partial charge on any atom is -0.462 e. The molecule has 0 amide bonds. The summed E-state index contributed by atoms with van der Waals surface area (Å²) in [5, 5.41) is 0. The average Bonchev–Trinajstić information content (AvgIpc) is 3.21. The highest BCUT2D eigenvalue weighted by Crippen LogP contribution is 2.12. The molecule has 0 bridgehead atoms. The van der Waals surface area contributed by atoms with E-state index in [1.165, 1.54) is 25.7 Å². The zero-order valence-electron chi connectivity index (χ0n) is 36.6. The number of hydrogen-bond acceptors (Lipinski definition) is 6. The molecule has 322 valence electrons. The van der Waals surface area contributed by atoms with Crippen molar-refractivity contribution in [2.45, 2.75) is 194 Å². The summed E-state index contributed by atoms with van der Waals surface area (Å²) in [5.41, 5.74) is 0. The molecule has 1 atom stereocenters. The molecule has 0 fully saturated rings. The third-order valence-electron chi connectivity index (χ3n) is 9.05. The number of allylic oxidation sites excluding steroid dienone is 16. The summed E-state index contributed by atoms with van der Waals surface area (Å²) in [6.45, 7) is 6.26. The van der Waals surface area contributed by atoms with E-state index < -0.39 is 6.10 Å². The summed E-state index contributed by atoms with van der Waals surface area (Å²) in [7, 11) is 0. The topological polar surface area (TPSA) is 78.9 Å². The lowest BCUT2D eigenvalue weighted by molar-refractivity contribution is -0.167. The Bertz CT molecular complexity index is 1180. The molecule has 0 rings (SSSR count). The third-order valence-corrected chi connectivity index (χ3v) is 9.05. The Hall–Kier alpha value is -3.67. The quantitative estimate of drug-likeness (QED) is 0.0267. The number of carbonyl (C=O) groups is 3. The SMILES string of the molecule is CC/C=C\C/C=C\C/C=C\C/C=C\C/C=C\CCCCCC(=O)OCC(COC(=O)CCCC/C=C\C/C=C\CC)OC(=O)CCCCCCC/C=C\CCCC. The van der Waals surface area contributed by atoms with Crippen molar-refractivity contribution in [3.05, 3.63) is 97.2 Å². The van der Waals surface area contributed by atoms with Crippen LogP contribution in [0.25, 0.3) is 0 Å². The normalized spacial score (nSPS) is 13.0. The maximum absolute atomic E-state index is 12.7. The number of unbranched alkanes of at least 4 members (excludes halogenated alkanes) is 12. The maximum Gasteiger partial charge on any atom is 0.306 e. The van der Waals surface area contributed by atoms with Crippen LogP contribution in [0.15, 0.2) is 97.2 Å². The Morgan fingerprint density at radius 2 is 0.684 bits per heavy atom. The summed E-state index contributed by atoms with van der Waals surface area (Å²) in [5.74, 6) is -0.998. The minimum atomic E-state index is -0.806. The van der Waals surface area contributed by atoms with Crippen LogP contribution in [0.4, 0.5) is 0 Å². The Balaban J connectivity index is 4.43. The van der Waals surface area contributed by atoms with Crippen molar-refractivity contribution >= 4 is 17.9 Å². The van der Waals surface area contributed by atoms with Gasteiger partial charge in [-0.15, -0.1) is 0 Å². The van der Waals surface area contributed by atoms with Crippen LogP contribution in [0.5, 0.6) is 0 Å². The monoisotopic (exact) mass is 791 g/mol. The lowest BCUT2D eigenvalue weighted by Gasteiger charge is -2.18. The molecule has 0 saturated heterocycles. The maximum atomic E-state index is 12.7. The molecule has 1 unspecified atom stereocenters. The molecule has 0 aliphatic rings. The van der Waals surface area contributed by atoms with E-state index in [1.54, 1.807) is 0 Å². The van der Waals surface area contributed by atoms with E-state index in [9.17, 15) is 14.4 Å². The smallest absolute Gasteiger partial charge is 0.306 e. The van der Waals surface area contributed by atoms with Crippen molar-refractivity contribution in [3.63, 3.8) is 0 Å². The fraction of sp³-hybridized carbons (Fsp3) is 0.627. The predicted octanol–water partition coefficient (Wildman–Crippen LogP) is 14.6. The van der Waals surface area contributed by atoms with Crippen LogP contribution in [0.3, 0.4) is 0 Å². The number of rotatable bonds is 39. The second-order valence-electron chi connectivity index (χ2n) is 14.5. The fourth-order valence-electron chi connectivity index (χ4n) is 5.66. The molecule has 6 heteroatoms. The van der Waals surface area contributed by atoms with Gasteiger partial charge in [-0.05, 0) is 109 Å². The molecule has 0 aromatic carbocycles. The number of carbonyl (C=O) groups excluding carboxylic acids is 3. The molecule has 0 aliphatic heterocycles. The zero-order valence-corrected chi connectivity index (χ0v) is 36.6. The minimum absolute atomic E-state index is 0.110. The van der Waals surface area contributed by atoms with Crippen molar-refractivity contribution in [1.82, 2.24) is 0 Å². The van der Waals surface area contributed by atoms with E-state index >= 15 is 0 Å². The Morgan fingerprint density at radius 3 is 1.14 bits per heavy atom. The predicted molar refractivity (Wildman–Crippen MR) is 242 cm³/mol. The molecular formula is C51H82O6. The fourth-order valence-corrected chi connectivity index (χ4v) is 5.66. The largest absolute Gasteiger partial charge is 0.462 e. The molecule has 0 aliphatic carbocycles. The van der Waals surface area contributed by atoms with Crippen molar-refractivity contribution in [1.29, 1.82) is 0 Å². The molecule has 0 aromatic heterocycles. The van der Waals surface area contributed by atoms with Gasteiger partial charge in [0.1, 0.15) is 13.2 Å². The summed E-state index contributed by atoms with van der Waals surface area (Å²) < 4.78 is 16.6. The van der Waals surface area contributed by atoms with Crippen molar-refractivity contribution in [2.24, 2.45) is 0 Å². The van der Waals surface area contributed by atoms with Gasteiger partial charge in [0.15, 0.2) is 6.10 Å². The van der Waals surface area contributed by atoms with Gasteiger partial charge in [-0.2, -0.15) is 0 Å². The molecule has 0 saturated carbocycles. The van der Waals surface area contributed by atoms with E-state index in [-0.39, 0.29) is 31.1 Å². The standard InChI is InChI=1S/C51H82O6/c1-4-7-10-13-16-19-21-22-23-24-25-26-27-28-30-32-35-38-41-44-50(53)56-47-48(46-55-49(52)43-40-37-34-31-18-15-12-9-6-3)57-51(54)45-42-39-36-33-29-20-17-14-11-8-5-2/h7,9-10,12,14,16-19,22-23,25-26,28,30-31,48H,4-6,8,11,13,15,20-21,24,27,29,32-47H2,1-3H3/b10-7-,12-9-,17-14-,19-16-,23-22-,26-25-,30-28-,31-18-.